The third-order valence-electron chi connectivity index (χ3n) is 6.72. The second kappa shape index (κ2) is 9.51. The topological polar surface area (TPSA) is 61.9 Å². The summed E-state index contributed by atoms with van der Waals surface area (Å²) >= 11 is 0. The Morgan fingerprint density at radius 3 is 2.34 bits per heavy atom. The lowest BCUT2D eigenvalue weighted by molar-refractivity contribution is 0.128. The van der Waals surface area contributed by atoms with E-state index in [1.807, 2.05) is 12.1 Å². The van der Waals surface area contributed by atoms with Crippen LogP contribution in [0.1, 0.15) is 50.8 Å². The number of anilines is 1. The smallest absolute Gasteiger partial charge is 0.408 e. The minimum atomic E-state index is -0.580. The van der Waals surface area contributed by atoms with Gasteiger partial charge in [-0.25, -0.2) is 4.79 Å². The van der Waals surface area contributed by atoms with Crippen LogP contribution in [0, 0.1) is 6.92 Å². The van der Waals surface area contributed by atoms with Crippen LogP contribution in [0.3, 0.4) is 0 Å². The molecule has 1 aliphatic heterocycles. The third-order valence-corrected chi connectivity index (χ3v) is 6.72. The molecule has 172 valence electrons. The monoisotopic (exact) mass is 437 g/mol. The van der Waals surface area contributed by atoms with E-state index in [2.05, 4.69) is 54.8 Å². The van der Waals surface area contributed by atoms with Crippen LogP contribution in [-0.2, 0) is 6.54 Å². The summed E-state index contributed by atoms with van der Waals surface area (Å²) in [5.41, 5.74) is 4.70. The molecule has 0 aliphatic carbocycles. The molecule has 6 nitrogen and oxygen atoms in total. The van der Waals surface area contributed by atoms with E-state index in [1.54, 1.807) is 17.6 Å². The number of aliphatic hydroxyl groups excluding tert-OH is 1. The van der Waals surface area contributed by atoms with Gasteiger partial charge in [0, 0.05) is 37.4 Å². The Hall–Kier alpha value is -2.57. The van der Waals surface area contributed by atoms with E-state index < -0.39 is 6.10 Å². The average molecular weight is 438 g/mol. The number of aliphatic hydroxyl groups is 1. The summed E-state index contributed by atoms with van der Waals surface area (Å²) in [6, 6.07) is 15.3. The number of aromatic nitrogens is 1. The van der Waals surface area contributed by atoms with E-state index in [1.165, 1.54) is 11.3 Å². The fraction of sp³-hybridized carbons (Fsp3) is 0.500. The first-order valence-electron chi connectivity index (χ1n) is 11.7. The Bertz CT molecular complexity index is 1090. The maximum absolute atomic E-state index is 12.3. The van der Waals surface area contributed by atoms with Gasteiger partial charge in [-0.15, -0.1) is 0 Å². The maximum Gasteiger partial charge on any atom is 0.419 e. The van der Waals surface area contributed by atoms with Gasteiger partial charge in [0.05, 0.1) is 11.6 Å². The van der Waals surface area contributed by atoms with E-state index in [0.29, 0.717) is 24.2 Å². The van der Waals surface area contributed by atoms with Crippen LogP contribution in [0.5, 0.6) is 0 Å². The van der Waals surface area contributed by atoms with Crippen LogP contribution in [0.4, 0.5) is 5.69 Å². The Labute approximate surface area is 190 Å². The number of hydrogen-bond acceptors (Lipinski definition) is 5. The van der Waals surface area contributed by atoms with Crippen molar-refractivity contribution in [3.05, 3.63) is 64.1 Å². The number of piperazine rings is 1. The van der Waals surface area contributed by atoms with Gasteiger partial charge in [-0.2, -0.15) is 0 Å². The minimum absolute atomic E-state index is 0.323. The highest BCUT2D eigenvalue weighted by molar-refractivity contribution is 5.73. The van der Waals surface area contributed by atoms with Crippen LogP contribution >= 0.6 is 0 Å². The van der Waals surface area contributed by atoms with Gasteiger partial charge >= 0.3 is 5.76 Å². The summed E-state index contributed by atoms with van der Waals surface area (Å²) in [6.07, 6.45) is 1.37. The minimum Gasteiger partial charge on any atom is -0.408 e. The van der Waals surface area contributed by atoms with Crippen molar-refractivity contribution >= 4 is 16.8 Å². The van der Waals surface area contributed by atoms with E-state index in [0.717, 1.165) is 43.6 Å². The van der Waals surface area contributed by atoms with Crippen LogP contribution in [-0.4, -0.2) is 46.3 Å². The highest BCUT2D eigenvalue weighted by Crippen LogP contribution is 2.24. The Kier molecular flexibility index (Phi) is 6.72. The first kappa shape index (κ1) is 22.6. The van der Waals surface area contributed by atoms with Crippen LogP contribution in [0.2, 0.25) is 0 Å². The van der Waals surface area contributed by atoms with Crippen molar-refractivity contribution in [2.45, 2.75) is 65.3 Å². The third kappa shape index (κ3) is 4.76. The van der Waals surface area contributed by atoms with Crippen molar-refractivity contribution in [2.24, 2.45) is 0 Å². The molecule has 2 heterocycles. The van der Waals surface area contributed by atoms with Crippen LogP contribution in [0.15, 0.2) is 51.7 Å². The van der Waals surface area contributed by atoms with Gasteiger partial charge in [0.2, 0.25) is 0 Å². The molecule has 3 unspecified atom stereocenters. The molecule has 0 amide bonds. The number of aryl methyl sites for hydroxylation is 2. The second-order valence-electron chi connectivity index (χ2n) is 9.31. The summed E-state index contributed by atoms with van der Waals surface area (Å²) in [5, 5.41) is 9.76. The van der Waals surface area contributed by atoms with Gasteiger partial charge in [-0.1, -0.05) is 23.8 Å². The number of rotatable bonds is 7. The van der Waals surface area contributed by atoms with Gasteiger partial charge in [0.15, 0.2) is 5.58 Å². The fourth-order valence-electron chi connectivity index (χ4n) is 4.88. The molecule has 6 heteroatoms. The first-order chi connectivity index (χ1) is 15.3. The van der Waals surface area contributed by atoms with Crippen molar-refractivity contribution < 1.29 is 9.52 Å². The SMILES string of the molecule is Cc1ccc(N2CC(C)N(CCCCn3c(=O)oc4cc(C(C)O)ccc43)C(C)C2)cc1. The average Bonchev–Trinajstić information content (AvgIpc) is 3.07. The number of oxazole rings is 1. The molecule has 1 aliphatic rings. The predicted octanol–water partition coefficient (Wildman–Crippen LogP) is 4.34. The number of fused-ring (bicyclic) bond motifs is 1. The summed E-state index contributed by atoms with van der Waals surface area (Å²) in [6.45, 7) is 12.2. The molecule has 1 aromatic heterocycles. The van der Waals surface area contributed by atoms with Crippen molar-refractivity contribution in [1.82, 2.24) is 9.47 Å². The summed E-state index contributed by atoms with van der Waals surface area (Å²) < 4.78 is 7.12. The molecule has 1 saturated heterocycles. The lowest BCUT2D eigenvalue weighted by atomic mass is 10.1. The van der Waals surface area contributed by atoms with Crippen LogP contribution < -0.4 is 10.7 Å². The van der Waals surface area contributed by atoms with Gasteiger partial charge in [0.1, 0.15) is 0 Å². The lowest BCUT2D eigenvalue weighted by Gasteiger charge is -2.45. The standard InChI is InChI=1S/C26H35N3O3/c1-18-7-10-23(11-8-18)27-16-19(2)28(20(3)17-27)13-5-6-14-29-24-12-9-22(21(4)30)15-25(24)32-26(29)31/h7-12,15,19-21,30H,5-6,13-14,16-17H2,1-4H3. The summed E-state index contributed by atoms with van der Waals surface area (Å²) in [5.74, 6) is -0.323. The number of nitrogens with zero attached hydrogens (tertiary/aromatic N) is 3. The van der Waals surface area contributed by atoms with Gasteiger partial charge in [0.25, 0.3) is 0 Å². The van der Waals surface area contributed by atoms with E-state index in [4.69, 9.17) is 4.42 Å². The van der Waals surface area contributed by atoms with Gasteiger partial charge < -0.3 is 14.4 Å². The van der Waals surface area contributed by atoms with Crippen molar-refractivity contribution in [2.75, 3.05) is 24.5 Å². The molecule has 0 bridgehead atoms. The van der Waals surface area contributed by atoms with E-state index in [-0.39, 0.29) is 5.76 Å². The second-order valence-corrected chi connectivity index (χ2v) is 9.31. The number of benzene rings is 2. The zero-order valence-corrected chi connectivity index (χ0v) is 19.6. The molecule has 3 atom stereocenters. The van der Waals surface area contributed by atoms with Crippen molar-refractivity contribution in [1.29, 1.82) is 0 Å². The van der Waals surface area contributed by atoms with Crippen molar-refractivity contribution in [3.8, 4) is 0 Å². The Morgan fingerprint density at radius 1 is 1.03 bits per heavy atom. The van der Waals surface area contributed by atoms with Crippen LogP contribution in [0.25, 0.3) is 11.1 Å². The molecular weight excluding hydrogens is 402 g/mol. The highest BCUT2D eigenvalue weighted by Gasteiger charge is 2.29. The number of unbranched alkanes of at least 4 members (excludes halogenated alkanes) is 1. The first-order valence-corrected chi connectivity index (χ1v) is 11.7. The molecule has 4 rings (SSSR count). The van der Waals surface area contributed by atoms with Gasteiger partial charge in [-0.3, -0.25) is 9.47 Å². The fourth-order valence-corrected chi connectivity index (χ4v) is 4.88. The molecule has 32 heavy (non-hydrogen) atoms. The van der Waals surface area contributed by atoms with E-state index >= 15 is 0 Å². The quantitative estimate of drug-likeness (QED) is 0.557. The Balaban J connectivity index is 1.32. The van der Waals surface area contributed by atoms with E-state index in [9.17, 15) is 9.90 Å². The molecular formula is C26H35N3O3. The molecule has 0 radical (unpaired) electrons. The predicted molar refractivity (Wildman–Crippen MR) is 129 cm³/mol. The molecule has 0 spiro atoms. The zero-order valence-electron chi connectivity index (χ0n) is 19.6. The summed E-state index contributed by atoms with van der Waals surface area (Å²) in [4.78, 5) is 17.4. The molecule has 1 N–H and O–H groups in total. The van der Waals surface area contributed by atoms with Gasteiger partial charge in [-0.05, 0) is 76.9 Å². The molecule has 3 aromatic rings. The molecule has 2 aromatic carbocycles. The maximum atomic E-state index is 12.3. The Morgan fingerprint density at radius 2 is 1.69 bits per heavy atom. The zero-order chi connectivity index (χ0) is 22.8. The lowest BCUT2D eigenvalue weighted by Crippen LogP contribution is -2.57. The highest BCUT2D eigenvalue weighted by atomic mass is 16.4. The normalized spacial score (nSPS) is 20.7. The molecule has 0 saturated carbocycles. The summed E-state index contributed by atoms with van der Waals surface area (Å²) in [7, 11) is 0. The molecule has 1 fully saturated rings. The largest absolute Gasteiger partial charge is 0.419 e. The number of hydrogen-bond donors (Lipinski definition) is 1. The van der Waals surface area contributed by atoms with Crippen molar-refractivity contribution in [3.63, 3.8) is 0 Å².